The smallest absolute Gasteiger partial charge is 0.278 e. The predicted molar refractivity (Wildman–Crippen MR) is 64.6 cm³/mol. The van der Waals surface area contributed by atoms with E-state index in [-0.39, 0.29) is 5.56 Å². The number of nitrogens with zero attached hydrogens (tertiary/aromatic N) is 3. The lowest BCUT2D eigenvalue weighted by molar-refractivity contribution is 0.938. The Morgan fingerprint density at radius 2 is 2.00 bits per heavy atom. The van der Waals surface area contributed by atoms with E-state index in [1.165, 1.54) is 6.33 Å². The van der Waals surface area contributed by atoms with Crippen LogP contribution in [0, 0.1) is 0 Å². The number of H-pyrrole nitrogens is 1. The van der Waals surface area contributed by atoms with Crippen molar-refractivity contribution in [2.45, 2.75) is 0 Å². The van der Waals surface area contributed by atoms with E-state index in [0.717, 1.165) is 11.4 Å². The zero-order valence-corrected chi connectivity index (χ0v) is 9.21. The van der Waals surface area contributed by atoms with Crippen molar-refractivity contribution in [3.8, 4) is 11.4 Å². The van der Waals surface area contributed by atoms with Crippen molar-refractivity contribution in [3.63, 3.8) is 0 Å². The van der Waals surface area contributed by atoms with Crippen LogP contribution in [0.15, 0.2) is 41.5 Å². The van der Waals surface area contributed by atoms with Crippen LogP contribution in [-0.4, -0.2) is 19.5 Å². The number of hydrogen-bond donors (Lipinski definition) is 1. The molecular formula is C12H10N4O. The average molecular weight is 226 g/mol. The summed E-state index contributed by atoms with van der Waals surface area (Å²) >= 11 is 0. The summed E-state index contributed by atoms with van der Waals surface area (Å²) in [7, 11) is 1.85. The lowest BCUT2D eigenvalue weighted by Gasteiger charge is -2.00. The van der Waals surface area contributed by atoms with E-state index in [0.29, 0.717) is 11.2 Å². The van der Waals surface area contributed by atoms with Gasteiger partial charge < -0.3 is 9.55 Å². The van der Waals surface area contributed by atoms with Gasteiger partial charge in [0.2, 0.25) is 0 Å². The van der Waals surface area contributed by atoms with Crippen molar-refractivity contribution in [1.82, 2.24) is 19.5 Å². The maximum absolute atomic E-state index is 11.6. The first-order valence-electron chi connectivity index (χ1n) is 5.23. The second-order valence-corrected chi connectivity index (χ2v) is 3.76. The molecule has 3 rings (SSSR count). The highest BCUT2D eigenvalue weighted by Gasteiger charge is 2.12. The largest absolute Gasteiger partial charge is 0.312 e. The molecule has 0 aliphatic carbocycles. The predicted octanol–water partition coefficient (Wildman–Crippen LogP) is 1.32. The van der Waals surface area contributed by atoms with E-state index in [4.69, 9.17) is 0 Å². The molecule has 0 atom stereocenters. The highest BCUT2D eigenvalue weighted by molar-refractivity contribution is 5.75. The third-order valence-electron chi connectivity index (χ3n) is 2.69. The lowest BCUT2D eigenvalue weighted by atomic mass is 10.2. The zero-order chi connectivity index (χ0) is 11.8. The Kier molecular flexibility index (Phi) is 2.04. The minimum absolute atomic E-state index is 0.215. The quantitative estimate of drug-likeness (QED) is 0.680. The molecule has 3 aromatic rings. The molecule has 1 aromatic carbocycles. The molecule has 2 aromatic heterocycles. The highest BCUT2D eigenvalue weighted by Crippen LogP contribution is 2.19. The molecular weight excluding hydrogens is 216 g/mol. The summed E-state index contributed by atoms with van der Waals surface area (Å²) in [6, 6.07) is 9.72. The molecule has 84 valence electrons. The molecule has 0 saturated carbocycles. The molecule has 0 aliphatic rings. The van der Waals surface area contributed by atoms with E-state index in [9.17, 15) is 4.79 Å². The maximum atomic E-state index is 11.6. The summed E-state index contributed by atoms with van der Waals surface area (Å²) in [5.74, 6) is 0.741. The topological polar surface area (TPSA) is 63.6 Å². The molecule has 0 spiro atoms. The summed E-state index contributed by atoms with van der Waals surface area (Å²) < 4.78 is 1.82. The second kappa shape index (κ2) is 3.55. The Morgan fingerprint density at radius 3 is 2.71 bits per heavy atom. The van der Waals surface area contributed by atoms with Crippen LogP contribution in [0.1, 0.15) is 0 Å². The Bertz CT molecular complexity index is 727. The fourth-order valence-electron chi connectivity index (χ4n) is 1.86. The minimum atomic E-state index is -0.215. The van der Waals surface area contributed by atoms with Gasteiger partial charge in [-0.25, -0.2) is 9.97 Å². The van der Waals surface area contributed by atoms with Crippen LogP contribution < -0.4 is 5.56 Å². The number of imidazole rings is 1. The van der Waals surface area contributed by atoms with Crippen molar-refractivity contribution >= 4 is 11.2 Å². The third kappa shape index (κ3) is 1.44. The number of aryl methyl sites for hydroxylation is 1. The van der Waals surface area contributed by atoms with Gasteiger partial charge in [0.15, 0.2) is 11.2 Å². The number of rotatable bonds is 1. The molecule has 0 radical (unpaired) electrons. The summed E-state index contributed by atoms with van der Waals surface area (Å²) in [6.07, 6.45) is 1.39. The van der Waals surface area contributed by atoms with Gasteiger partial charge in [0.25, 0.3) is 5.56 Å². The van der Waals surface area contributed by atoms with Crippen LogP contribution in [0.5, 0.6) is 0 Å². The minimum Gasteiger partial charge on any atom is -0.312 e. The number of fused-ring (bicyclic) bond motifs is 1. The van der Waals surface area contributed by atoms with E-state index < -0.39 is 0 Å². The molecule has 5 nitrogen and oxygen atoms in total. The van der Waals surface area contributed by atoms with Crippen LogP contribution in [0.3, 0.4) is 0 Å². The van der Waals surface area contributed by atoms with Crippen molar-refractivity contribution in [2.75, 3.05) is 0 Å². The molecule has 0 amide bonds. The molecule has 0 bridgehead atoms. The standard InChI is InChI=1S/C12H10N4O/c1-16-10(8-5-3-2-4-6-8)15-9-11(16)13-7-14-12(9)17/h2-7H,1H3,(H,13,14,17). The fourth-order valence-corrected chi connectivity index (χ4v) is 1.86. The van der Waals surface area contributed by atoms with Gasteiger partial charge in [0, 0.05) is 12.6 Å². The second-order valence-electron chi connectivity index (χ2n) is 3.76. The van der Waals surface area contributed by atoms with Crippen LogP contribution in [-0.2, 0) is 7.05 Å². The Labute approximate surface area is 96.8 Å². The number of aromatic nitrogens is 4. The first kappa shape index (κ1) is 9.77. The van der Waals surface area contributed by atoms with E-state index in [1.807, 2.05) is 41.9 Å². The van der Waals surface area contributed by atoms with Gasteiger partial charge in [0.1, 0.15) is 5.82 Å². The normalized spacial score (nSPS) is 10.9. The van der Waals surface area contributed by atoms with Crippen molar-refractivity contribution in [3.05, 3.63) is 47.0 Å². The Morgan fingerprint density at radius 1 is 1.24 bits per heavy atom. The Hall–Kier alpha value is -2.43. The van der Waals surface area contributed by atoms with Crippen LogP contribution >= 0.6 is 0 Å². The first-order chi connectivity index (χ1) is 8.27. The van der Waals surface area contributed by atoms with Gasteiger partial charge in [-0.2, -0.15) is 0 Å². The van der Waals surface area contributed by atoms with Gasteiger partial charge in [-0.3, -0.25) is 4.79 Å². The third-order valence-corrected chi connectivity index (χ3v) is 2.69. The first-order valence-corrected chi connectivity index (χ1v) is 5.23. The molecule has 0 unspecified atom stereocenters. The Balaban J connectivity index is 2.36. The van der Waals surface area contributed by atoms with Crippen LogP contribution in [0.25, 0.3) is 22.6 Å². The van der Waals surface area contributed by atoms with Crippen molar-refractivity contribution in [2.24, 2.45) is 7.05 Å². The number of hydrogen-bond acceptors (Lipinski definition) is 3. The maximum Gasteiger partial charge on any atom is 0.278 e. The molecule has 17 heavy (non-hydrogen) atoms. The van der Waals surface area contributed by atoms with E-state index >= 15 is 0 Å². The van der Waals surface area contributed by atoms with E-state index in [2.05, 4.69) is 15.0 Å². The fraction of sp³-hybridized carbons (Fsp3) is 0.0833. The number of benzene rings is 1. The van der Waals surface area contributed by atoms with Crippen molar-refractivity contribution in [1.29, 1.82) is 0 Å². The van der Waals surface area contributed by atoms with Gasteiger partial charge in [-0.1, -0.05) is 30.3 Å². The summed E-state index contributed by atoms with van der Waals surface area (Å²) in [5, 5.41) is 0. The number of aromatic amines is 1. The average Bonchev–Trinajstić information content (AvgIpc) is 2.70. The summed E-state index contributed by atoms with van der Waals surface area (Å²) in [6.45, 7) is 0. The zero-order valence-electron chi connectivity index (χ0n) is 9.21. The SMILES string of the molecule is Cn1c(-c2ccccc2)nc2c(=O)[nH]cnc21. The van der Waals surface area contributed by atoms with Gasteiger partial charge in [-0.05, 0) is 0 Å². The van der Waals surface area contributed by atoms with Gasteiger partial charge >= 0.3 is 0 Å². The van der Waals surface area contributed by atoms with Gasteiger partial charge in [0.05, 0.1) is 6.33 Å². The van der Waals surface area contributed by atoms with Crippen LogP contribution in [0.4, 0.5) is 0 Å². The van der Waals surface area contributed by atoms with Crippen molar-refractivity contribution < 1.29 is 0 Å². The molecule has 0 fully saturated rings. The summed E-state index contributed by atoms with van der Waals surface area (Å²) in [4.78, 5) is 22.6. The molecule has 2 heterocycles. The highest BCUT2D eigenvalue weighted by atomic mass is 16.1. The molecule has 0 aliphatic heterocycles. The monoisotopic (exact) mass is 226 g/mol. The molecule has 0 saturated heterocycles. The summed E-state index contributed by atoms with van der Waals surface area (Å²) in [5.41, 5.74) is 1.71. The number of nitrogens with one attached hydrogen (secondary N) is 1. The van der Waals surface area contributed by atoms with E-state index in [1.54, 1.807) is 0 Å². The van der Waals surface area contributed by atoms with Gasteiger partial charge in [-0.15, -0.1) is 0 Å². The molecule has 5 heteroatoms. The lowest BCUT2D eigenvalue weighted by Crippen LogP contribution is -2.06. The van der Waals surface area contributed by atoms with Crippen LogP contribution in [0.2, 0.25) is 0 Å². The molecule has 1 N–H and O–H groups in total.